The van der Waals surface area contributed by atoms with Gasteiger partial charge in [0.2, 0.25) is 0 Å². The predicted molar refractivity (Wildman–Crippen MR) is 83.7 cm³/mol. The van der Waals surface area contributed by atoms with Crippen molar-refractivity contribution in [2.75, 3.05) is 32.8 Å². The molecule has 0 aromatic carbocycles. The molecule has 1 N–H and O–H groups in total. The van der Waals surface area contributed by atoms with E-state index in [9.17, 15) is 4.79 Å². The highest BCUT2D eigenvalue weighted by molar-refractivity contribution is 5.88. The van der Waals surface area contributed by atoms with Gasteiger partial charge in [-0.25, -0.2) is 4.79 Å². The molecule has 0 spiro atoms. The van der Waals surface area contributed by atoms with E-state index in [1.165, 1.54) is 38.8 Å². The fourth-order valence-corrected chi connectivity index (χ4v) is 3.63. The van der Waals surface area contributed by atoms with Crippen molar-refractivity contribution in [1.29, 1.82) is 0 Å². The molecule has 1 unspecified atom stereocenters. The van der Waals surface area contributed by atoms with E-state index in [4.69, 9.17) is 4.74 Å². The average Bonchev–Trinajstić information content (AvgIpc) is 3.19. The minimum atomic E-state index is -0.303. The standard InChI is InChI=1S/C16H26N4O2/c1-2-22-16(21)15-13(10-17-18-15)11-19-7-5-6-14(12-19)20-8-3-4-9-20/h10,14H,2-9,11-12H2,1H3,(H,17,18). The second kappa shape index (κ2) is 7.24. The molecule has 0 radical (unpaired) electrons. The van der Waals surface area contributed by atoms with Gasteiger partial charge in [-0.15, -0.1) is 0 Å². The summed E-state index contributed by atoms with van der Waals surface area (Å²) in [6.45, 7) is 7.66. The molecule has 122 valence electrons. The van der Waals surface area contributed by atoms with Crippen LogP contribution >= 0.6 is 0 Å². The Bertz CT molecular complexity index is 496. The lowest BCUT2D eigenvalue weighted by atomic mass is 10.0. The normalized spacial score (nSPS) is 23.8. The number of piperidine rings is 1. The van der Waals surface area contributed by atoms with Crippen molar-refractivity contribution in [3.63, 3.8) is 0 Å². The molecular formula is C16H26N4O2. The van der Waals surface area contributed by atoms with Crippen LogP contribution in [0.25, 0.3) is 0 Å². The second-order valence-corrected chi connectivity index (χ2v) is 6.26. The van der Waals surface area contributed by atoms with Crippen molar-refractivity contribution in [2.45, 2.75) is 45.2 Å². The summed E-state index contributed by atoms with van der Waals surface area (Å²) in [5, 5.41) is 6.81. The predicted octanol–water partition coefficient (Wildman–Crippen LogP) is 1.65. The van der Waals surface area contributed by atoms with Crippen LogP contribution in [0.4, 0.5) is 0 Å². The van der Waals surface area contributed by atoms with Crippen molar-refractivity contribution < 1.29 is 9.53 Å². The molecule has 0 aliphatic carbocycles. The summed E-state index contributed by atoms with van der Waals surface area (Å²) < 4.78 is 5.08. The molecule has 3 rings (SSSR count). The molecule has 0 bridgehead atoms. The summed E-state index contributed by atoms with van der Waals surface area (Å²) >= 11 is 0. The third-order valence-corrected chi connectivity index (χ3v) is 4.73. The van der Waals surface area contributed by atoms with E-state index in [0.29, 0.717) is 18.3 Å². The van der Waals surface area contributed by atoms with Gasteiger partial charge in [0.15, 0.2) is 0 Å². The number of likely N-dealkylation sites (tertiary alicyclic amines) is 2. The zero-order valence-electron chi connectivity index (χ0n) is 13.4. The molecule has 2 aliphatic rings. The molecule has 0 saturated carbocycles. The number of nitrogens with one attached hydrogen (secondary N) is 1. The zero-order valence-corrected chi connectivity index (χ0v) is 13.4. The molecule has 0 amide bonds. The molecule has 1 atom stereocenters. The zero-order chi connectivity index (χ0) is 15.4. The van der Waals surface area contributed by atoms with Crippen LogP contribution in [-0.2, 0) is 11.3 Å². The number of ether oxygens (including phenoxy) is 1. The molecule has 1 aromatic heterocycles. The smallest absolute Gasteiger partial charge is 0.356 e. The number of carbonyl (C=O) groups excluding carboxylic acids is 1. The molecule has 2 fully saturated rings. The quantitative estimate of drug-likeness (QED) is 0.838. The Labute approximate surface area is 131 Å². The average molecular weight is 306 g/mol. The Morgan fingerprint density at radius 1 is 1.36 bits per heavy atom. The third kappa shape index (κ3) is 3.50. The van der Waals surface area contributed by atoms with Crippen LogP contribution in [0, 0.1) is 0 Å². The minimum absolute atomic E-state index is 0.303. The van der Waals surface area contributed by atoms with Gasteiger partial charge < -0.3 is 4.74 Å². The van der Waals surface area contributed by atoms with E-state index >= 15 is 0 Å². The van der Waals surface area contributed by atoms with Crippen molar-refractivity contribution in [2.24, 2.45) is 0 Å². The Kier molecular flexibility index (Phi) is 5.10. The molecular weight excluding hydrogens is 280 g/mol. The SMILES string of the molecule is CCOC(=O)c1[nH]ncc1CN1CCCC(N2CCCC2)C1. The van der Waals surface area contributed by atoms with Gasteiger partial charge in [-0.2, -0.15) is 5.10 Å². The first-order valence-corrected chi connectivity index (χ1v) is 8.43. The van der Waals surface area contributed by atoms with E-state index in [-0.39, 0.29) is 5.97 Å². The number of hydrogen-bond donors (Lipinski definition) is 1. The molecule has 6 nitrogen and oxygen atoms in total. The van der Waals surface area contributed by atoms with Gasteiger partial charge >= 0.3 is 5.97 Å². The van der Waals surface area contributed by atoms with Gasteiger partial charge in [0.1, 0.15) is 5.69 Å². The lowest BCUT2D eigenvalue weighted by Crippen LogP contribution is -2.46. The first-order chi connectivity index (χ1) is 10.8. The van der Waals surface area contributed by atoms with Gasteiger partial charge in [0.25, 0.3) is 0 Å². The number of carbonyl (C=O) groups is 1. The minimum Gasteiger partial charge on any atom is -0.461 e. The van der Waals surface area contributed by atoms with E-state index in [2.05, 4.69) is 20.0 Å². The van der Waals surface area contributed by atoms with E-state index < -0.39 is 0 Å². The molecule has 6 heteroatoms. The Morgan fingerprint density at radius 3 is 2.95 bits per heavy atom. The Balaban J connectivity index is 1.60. The maximum Gasteiger partial charge on any atom is 0.356 e. The van der Waals surface area contributed by atoms with Crippen molar-refractivity contribution >= 4 is 5.97 Å². The van der Waals surface area contributed by atoms with Gasteiger partial charge in [0, 0.05) is 24.7 Å². The highest BCUT2D eigenvalue weighted by Gasteiger charge is 2.28. The first-order valence-electron chi connectivity index (χ1n) is 8.43. The maximum absolute atomic E-state index is 11.9. The number of hydrogen-bond acceptors (Lipinski definition) is 5. The largest absolute Gasteiger partial charge is 0.461 e. The van der Waals surface area contributed by atoms with Crippen LogP contribution in [0.1, 0.15) is 48.7 Å². The van der Waals surface area contributed by atoms with Gasteiger partial charge in [-0.3, -0.25) is 14.9 Å². The Hall–Kier alpha value is -1.40. The van der Waals surface area contributed by atoms with Crippen molar-refractivity contribution in [1.82, 2.24) is 20.0 Å². The molecule has 22 heavy (non-hydrogen) atoms. The van der Waals surface area contributed by atoms with E-state index in [0.717, 1.165) is 25.2 Å². The van der Waals surface area contributed by atoms with Gasteiger partial charge in [-0.05, 0) is 52.2 Å². The summed E-state index contributed by atoms with van der Waals surface area (Å²) in [5.74, 6) is -0.303. The monoisotopic (exact) mass is 306 g/mol. The third-order valence-electron chi connectivity index (χ3n) is 4.73. The van der Waals surface area contributed by atoms with Crippen LogP contribution in [-0.4, -0.2) is 64.8 Å². The fourth-order valence-electron chi connectivity index (χ4n) is 3.63. The highest BCUT2D eigenvalue weighted by Crippen LogP contribution is 2.22. The molecule has 3 heterocycles. The van der Waals surface area contributed by atoms with Gasteiger partial charge in [-0.1, -0.05) is 0 Å². The number of H-pyrrole nitrogens is 1. The van der Waals surface area contributed by atoms with Crippen LogP contribution < -0.4 is 0 Å². The number of aromatic amines is 1. The number of rotatable bonds is 5. The van der Waals surface area contributed by atoms with Crippen LogP contribution in [0.5, 0.6) is 0 Å². The lowest BCUT2D eigenvalue weighted by Gasteiger charge is -2.37. The van der Waals surface area contributed by atoms with Crippen molar-refractivity contribution in [3.05, 3.63) is 17.5 Å². The first kappa shape index (κ1) is 15.5. The van der Waals surface area contributed by atoms with Gasteiger partial charge in [0.05, 0.1) is 12.8 Å². The number of aromatic nitrogens is 2. The summed E-state index contributed by atoms with van der Waals surface area (Å²) in [5.41, 5.74) is 1.45. The summed E-state index contributed by atoms with van der Waals surface area (Å²) in [6.07, 6.45) is 6.96. The summed E-state index contributed by atoms with van der Waals surface area (Å²) in [6, 6.07) is 0.675. The number of nitrogens with zero attached hydrogens (tertiary/aromatic N) is 3. The highest BCUT2D eigenvalue weighted by atomic mass is 16.5. The lowest BCUT2D eigenvalue weighted by molar-refractivity contribution is 0.0515. The van der Waals surface area contributed by atoms with Crippen LogP contribution in [0.2, 0.25) is 0 Å². The van der Waals surface area contributed by atoms with E-state index in [1.807, 2.05) is 6.92 Å². The van der Waals surface area contributed by atoms with E-state index in [1.54, 1.807) is 6.20 Å². The van der Waals surface area contributed by atoms with Crippen LogP contribution in [0.15, 0.2) is 6.20 Å². The van der Waals surface area contributed by atoms with Crippen LogP contribution in [0.3, 0.4) is 0 Å². The molecule has 2 aliphatic heterocycles. The Morgan fingerprint density at radius 2 is 2.18 bits per heavy atom. The molecule has 2 saturated heterocycles. The topological polar surface area (TPSA) is 61.5 Å². The number of esters is 1. The fraction of sp³-hybridized carbons (Fsp3) is 0.750. The maximum atomic E-state index is 11.9. The van der Waals surface area contributed by atoms with Crippen molar-refractivity contribution in [3.8, 4) is 0 Å². The summed E-state index contributed by atoms with van der Waals surface area (Å²) in [4.78, 5) is 17.0. The summed E-state index contributed by atoms with van der Waals surface area (Å²) in [7, 11) is 0. The second-order valence-electron chi connectivity index (χ2n) is 6.26. The molecule has 1 aromatic rings.